The quantitative estimate of drug-likeness (QED) is 0.318. The van der Waals surface area contributed by atoms with Gasteiger partial charge in [0.25, 0.3) is 0 Å². The molecule has 0 heterocycles. The fourth-order valence-electron chi connectivity index (χ4n) is 0.0577. The molecule has 0 amide bonds. The third-order valence-corrected chi connectivity index (χ3v) is 0.258. The zero-order valence-electron chi connectivity index (χ0n) is 2.89. The van der Waals surface area contributed by atoms with Gasteiger partial charge in [-0.3, -0.25) is 0 Å². The van der Waals surface area contributed by atoms with Crippen LogP contribution in [-0.2, 0) is 0 Å². The van der Waals surface area contributed by atoms with Crippen molar-refractivity contribution in [1.82, 2.24) is 0 Å². The number of rotatable bonds is 2. The molecule has 0 rings (SSSR count). The second-order valence-electron chi connectivity index (χ2n) is 0.654. The fraction of sp³-hybridized carbons (Fsp3) is 1.00. The van der Waals surface area contributed by atoms with Crippen LogP contribution in [0.25, 0.3) is 0 Å². The van der Waals surface area contributed by atoms with Crippen molar-refractivity contribution in [2.24, 2.45) is 0 Å². The summed E-state index contributed by atoms with van der Waals surface area (Å²) in [5.74, 6) is 0. The Morgan fingerprint density at radius 3 is 1.60 bits per heavy atom. The average molecular weight is 78.1 g/mol. The molecule has 0 bridgehead atoms. The van der Waals surface area contributed by atoms with E-state index in [1.807, 2.05) is 0 Å². The van der Waals surface area contributed by atoms with E-state index in [1.54, 1.807) is 0 Å². The molecule has 0 aromatic carbocycles. The third kappa shape index (κ3) is 3.88. The molecular weight excluding hydrogens is 70.0 g/mol. The van der Waals surface area contributed by atoms with Gasteiger partial charge in [0.05, 0.1) is 0 Å². The first-order valence-electron chi connectivity index (χ1n) is 1.45. The molecule has 0 spiro atoms. The Kier molecular flexibility index (Phi) is 3.79. The predicted octanol–water partition coefficient (Wildman–Crippen LogP) is -2.55. The van der Waals surface area contributed by atoms with Gasteiger partial charge >= 0.3 is 0 Å². The van der Waals surface area contributed by atoms with Gasteiger partial charge in [0.15, 0.2) is 13.5 Å². The van der Waals surface area contributed by atoms with Gasteiger partial charge in [0.2, 0.25) is 0 Å². The number of hydrogen-bond acceptors (Lipinski definition) is 2. The maximum atomic E-state index is 7.85. The van der Waals surface area contributed by atoms with Crippen molar-refractivity contribution in [2.45, 2.75) is 0 Å². The molecule has 0 fully saturated rings. The highest BCUT2D eigenvalue weighted by Gasteiger charge is 1.68. The van der Waals surface area contributed by atoms with Crippen molar-refractivity contribution in [1.29, 1.82) is 0 Å². The van der Waals surface area contributed by atoms with Gasteiger partial charge in [-0.25, -0.2) is 0 Å². The normalized spacial score (nSPS) is 8.40. The van der Waals surface area contributed by atoms with Crippen LogP contribution in [-0.4, -0.2) is 23.7 Å². The topological polar surface area (TPSA) is 57.1 Å². The fourth-order valence-corrected chi connectivity index (χ4v) is 0.0577. The van der Waals surface area contributed by atoms with Crippen molar-refractivity contribution in [3.05, 3.63) is 0 Å². The van der Waals surface area contributed by atoms with Gasteiger partial charge in [-0.05, 0) is 0 Å². The minimum absolute atomic E-state index is 0.0312. The lowest BCUT2D eigenvalue weighted by Gasteiger charge is -1.82. The van der Waals surface area contributed by atoms with Crippen molar-refractivity contribution in [3.8, 4) is 0 Å². The summed E-state index contributed by atoms with van der Waals surface area (Å²) in [5.41, 5.74) is 0. The van der Waals surface area contributed by atoms with Gasteiger partial charge in [0, 0.05) is 0 Å². The highest BCUT2D eigenvalue weighted by atomic mass is 16.3. The molecule has 0 aromatic rings. The molecule has 4 N–H and O–H groups in total. The summed E-state index contributed by atoms with van der Waals surface area (Å²) in [6, 6.07) is 0. The highest BCUT2D eigenvalue weighted by Crippen LogP contribution is 1.14. The van der Waals surface area contributed by atoms with Gasteiger partial charge in [0.1, 0.15) is 0 Å². The van der Waals surface area contributed by atoms with Gasteiger partial charge in [-0.1, -0.05) is 0 Å². The molecule has 0 radical (unpaired) electrons. The average Bonchev–Trinajstić information content (AvgIpc) is 1.41. The maximum absolute atomic E-state index is 7.85. The summed E-state index contributed by atoms with van der Waals surface area (Å²) in [4.78, 5) is 0. The van der Waals surface area contributed by atoms with Gasteiger partial charge in [-0.15, -0.1) is 0 Å². The molecular formula is C2H8NO2+. The summed E-state index contributed by atoms with van der Waals surface area (Å²) in [6.07, 6.45) is 0. The predicted molar refractivity (Wildman–Crippen MR) is 16.1 cm³/mol. The maximum Gasteiger partial charge on any atom is 0.178 e. The monoisotopic (exact) mass is 78.1 g/mol. The Bertz CT molecular complexity index is 15.1. The lowest BCUT2D eigenvalue weighted by molar-refractivity contribution is -0.710. The Morgan fingerprint density at radius 1 is 1.20 bits per heavy atom. The molecule has 0 saturated carbocycles. The number of aliphatic hydroxyl groups excluding tert-OH is 2. The highest BCUT2D eigenvalue weighted by molar-refractivity contribution is 3.66. The lowest BCUT2D eigenvalue weighted by Crippen LogP contribution is -2.84. The SMILES string of the molecule is OC[NH2+]CO. The molecule has 0 aromatic heterocycles. The van der Waals surface area contributed by atoms with Gasteiger partial charge in [-0.2, -0.15) is 0 Å². The first kappa shape index (κ1) is 4.88. The standard InChI is InChI=1S/C2H7NO2/c4-1-3-2-5/h3-5H,1-2H2/p+1. The zero-order chi connectivity index (χ0) is 4.12. The van der Waals surface area contributed by atoms with Crippen LogP contribution >= 0.6 is 0 Å². The van der Waals surface area contributed by atoms with E-state index < -0.39 is 0 Å². The molecule has 3 heteroatoms. The second-order valence-corrected chi connectivity index (χ2v) is 0.654. The Hall–Kier alpha value is -0.120. The summed E-state index contributed by atoms with van der Waals surface area (Å²) in [6.45, 7) is -0.0625. The van der Waals surface area contributed by atoms with Crippen LogP contribution < -0.4 is 5.32 Å². The summed E-state index contributed by atoms with van der Waals surface area (Å²) in [7, 11) is 0. The van der Waals surface area contributed by atoms with E-state index >= 15 is 0 Å². The van der Waals surface area contributed by atoms with Crippen LogP contribution in [0, 0.1) is 0 Å². The minimum Gasteiger partial charge on any atom is -0.347 e. The molecule has 3 nitrogen and oxygen atoms in total. The van der Waals surface area contributed by atoms with Crippen LogP contribution in [0.2, 0.25) is 0 Å². The summed E-state index contributed by atoms with van der Waals surface area (Å²) >= 11 is 0. The summed E-state index contributed by atoms with van der Waals surface area (Å²) < 4.78 is 0. The van der Waals surface area contributed by atoms with E-state index in [-0.39, 0.29) is 13.5 Å². The van der Waals surface area contributed by atoms with Crippen molar-refractivity contribution in [2.75, 3.05) is 13.5 Å². The Labute approximate surface area is 30.2 Å². The van der Waals surface area contributed by atoms with E-state index in [0.29, 0.717) is 0 Å². The smallest absolute Gasteiger partial charge is 0.178 e. The second kappa shape index (κ2) is 3.88. The van der Waals surface area contributed by atoms with E-state index in [0.717, 1.165) is 0 Å². The van der Waals surface area contributed by atoms with Crippen LogP contribution in [0.1, 0.15) is 0 Å². The molecule has 0 saturated heterocycles. The third-order valence-electron chi connectivity index (χ3n) is 0.258. The Morgan fingerprint density at radius 2 is 1.60 bits per heavy atom. The Balaban J connectivity index is 2.19. The minimum atomic E-state index is -0.0312. The molecule has 0 aliphatic carbocycles. The van der Waals surface area contributed by atoms with Crippen molar-refractivity contribution < 1.29 is 15.5 Å². The molecule has 0 aliphatic heterocycles. The summed E-state index contributed by atoms with van der Waals surface area (Å²) in [5, 5.41) is 17.1. The molecule has 0 atom stereocenters. The molecule has 0 aliphatic rings. The van der Waals surface area contributed by atoms with E-state index in [1.165, 1.54) is 5.32 Å². The van der Waals surface area contributed by atoms with Crippen LogP contribution in [0.4, 0.5) is 0 Å². The molecule has 0 unspecified atom stereocenters. The largest absolute Gasteiger partial charge is 0.347 e. The van der Waals surface area contributed by atoms with Crippen LogP contribution in [0.5, 0.6) is 0 Å². The molecule has 5 heavy (non-hydrogen) atoms. The van der Waals surface area contributed by atoms with E-state index in [2.05, 4.69) is 0 Å². The number of nitrogens with two attached hydrogens (primary N) is 1. The molecule has 32 valence electrons. The van der Waals surface area contributed by atoms with Gasteiger partial charge < -0.3 is 15.5 Å². The van der Waals surface area contributed by atoms with Crippen molar-refractivity contribution >= 4 is 0 Å². The lowest BCUT2D eigenvalue weighted by atomic mass is 11.1. The zero-order valence-corrected chi connectivity index (χ0v) is 2.89. The van der Waals surface area contributed by atoms with Crippen LogP contribution in [0.3, 0.4) is 0 Å². The first-order valence-corrected chi connectivity index (χ1v) is 1.45. The van der Waals surface area contributed by atoms with Crippen molar-refractivity contribution in [3.63, 3.8) is 0 Å². The first-order chi connectivity index (χ1) is 2.41. The number of aliphatic hydroxyl groups is 2. The van der Waals surface area contributed by atoms with E-state index in [4.69, 9.17) is 10.2 Å². The number of hydrogen-bond donors (Lipinski definition) is 3. The van der Waals surface area contributed by atoms with E-state index in [9.17, 15) is 0 Å². The van der Waals surface area contributed by atoms with Crippen LogP contribution in [0.15, 0.2) is 0 Å². The number of quaternary nitrogens is 1.